The minimum absolute atomic E-state index is 0.00714. The number of ether oxygens (including phenoxy) is 2. The van der Waals surface area contributed by atoms with Crippen LogP contribution in [0.1, 0.15) is 11.1 Å². The second kappa shape index (κ2) is 9.26. The van der Waals surface area contributed by atoms with Crippen LogP contribution in [0.4, 0.5) is 18.9 Å². The van der Waals surface area contributed by atoms with Gasteiger partial charge in [-0.05, 0) is 18.2 Å². The molecule has 0 aliphatic rings. The zero-order valence-electron chi connectivity index (χ0n) is 15.7. The van der Waals surface area contributed by atoms with Crippen LogP contribution in [0, 0.1) is 10.1 Å². The Morgan fingerprint density at radius 1 is 1.10 bits per heavy atom. The number of carbonyl (C=O) groups excluding carboxylic acids is 1. The van der Waals surface area contributed by atoms with Crippen LogP contribution in [0.15, 0.2) is 42.5 Å². The van der Waals surface area contributed by atoms with E-state index < -0.39 is 36.5 Å². The van der Waals surface area contributed by atoms with Crippen molar-refractivity contribution < 1.29 is 32.4 Å². The van der Waals surface area contributed by atoms with Gasteiger partial charge in [-0.25, -0.2) is 0 Å². The molecule has 2 aromatic carbocycles. The SMILES string of the molecule is COc1ccc(OC)c(CC(=O)N(Cc2ccccc2[N+](=O)[O-])CC(F)(F)F)c1. The number of nitro groups is 1. The summed E-state index contributed by atoms with van der Waals surface area (Å²) in [4.78, 5) is 23.7. The molecule has 0 aromatic heterocycles. The maximum Gasteiger partial charge on any atom is 0.406 e. The van der Waals surface area contributed by atoms with E-state index in [2.05, 4.69) is 0 Å². The molecule has 0 spiro atoms. The van der Waals surface area contributed by atoms with Gasteiger partial charge < -0.3 is 14.4 Å². The Balaban J connectivity index is 2.33. The van der Waals surface area contributed by atoms with Crippen LogP contribution < -0.4 is 9.47 Å². The van der Waals surface area contributed by atoms with E-state index in [-0.39, 0.29) is 11.3 Å². The fraction of sp³-hybridized carbons (Fsp3) is 0.316. The molecule has 0 aliphatic heterocycles. The van der Waals surface area contributed by atoms with Gasteiger partial charge in [0.15, 0.2) is 0 Å². The Labute approximate surface area is 164 Å². The number of halogens is 3. The molecule has 7 nitrogen and oxygen atoms in total. The van der Waals surface area contributed by atoms with Crippen LogP contribution in [0.3, 0.4) is 0 Å². The van der Waals surface area contributed by atoms with Crippen LogP contribution in [0.2, 0.25) is 0 Å². The van der Waals surface area contributed by atoms with E-state index in [4.69, 9.17) is 9.47 Å². The van der Waals surface area contributed by atoms with E-state index in [1.165, 1.54) is 50.6 Å². The largest absolute Gasteiger partial charge is 0.497 e. The van der Waals surface area contributed by atoms with Crippen LogP contribution >= 0.6 is 0 Å². The van der Waals surface area contributed by atoms with Crippen LogP contribution in [-0.2, 0) is 17.8 Å². The second-order valence-corrected chi connectivity index (χ2v) is 6.11. The van der Waals surface area contributed by atoms with Gasteiger partial charge in [-0.1, -0.05) is 18.2 Å². The average Bonchev–Trinajstić information content (AvgIpc) is 2.66. The molecule has 0 atom stereocenters. The van der Waals surface area contributed by atoms with Crippen molar-refractivity contribution in [3.63, 3.8) is 0 Å². The smallest absolute Gasteiger partial charge is 0.406 e. The van der Waals surface area contributed by atoms with Gasteiger partial charge in [0.05, 0.1) is 32.1 Å². The number of hydrogen-bond donors (Lipinski definition) is 0. The molecule has 0 radical (unpaired) electrons. The summed E-state index contributed by atoms with van der Waals surface area (Å²) in [6, 6.07) is 9.98. The molecule has 0 N–H and O–H groups in total. The van der Waals surface area contributed by atoms with Crippen LogP contribution in [0.5, 0.6) is 11.5 Å². The fourth-order valence-electron chi connectivity index (χ4n) is 2.77. The standard InChI is InChI=1S/C19H19F3N2O5/c1-28-15-7-8-17(29-2)14(9-15)10-18(25)23(12-19(20,21)22)11-13-5-3-4-6-16(13)24(26)27/h3-9H,10-12H2,1-2H3. The van der Waals surface area contributed by atoms with Gasteiger partial charge in [-0.3, -0.25) is 14.9 Å². The number of methoxy groups -OCH3 is 2. The van der Waals surface area contributed by atoms with Crippen molar-refractivity contribution in [1.29, 1.82) is 0 Å². The van der Waals surface area contributed by atoms with E-state index in [1.54, 1.807) is 6.07 Å². The molecular weight excluding hydrogens is 393 g/mol. The van der Waals surface area contributed by atoms with Crippen molar-refractivity contribution >= 4 is 11.6 Å². The predicted molar refractivity (Wildman–Crippen MR) is 97.8 cm³/mol. The lowest BCUT2D eigenvalue weighted by molar-refractivity contribution is -0.385. The van der Waals surface area contributed by atoms with E-state index >= 15 is 0 Å². The lowest BCUT2D eigenvalue weighted by atomic mass is 10.1. The summed E-state index contributed by atoms with van der Waals surface area (Å²) in [7, 11) is 2.79. The molecule has 0 aliphatic carbocycles. The van der Waals surface area contributed by atoms with E-state index in [1.807, 2.05) is 0 Å². The highest BCUT2D eigenvalue weighted by Crippen LogP contribution is 2.27. The second-order valence-electron chi connectivity index (χ2n) is 6.11. The van der Waals surface area contributed by atoms with Crippen molar-refractivity contribution in [2.24, 2.45) is 0 Å². The molecule has 0 unspecified atom stereocenters. The monoisotopic (exact) mass is 412 g/mol. The maximum atomic E-state index is 13.1. The summed E-state index contributed by atoms with van der Waals surface area (Å²) >= 11 is 0. The van der Waals surface area contributed by atoms with E-state index in [9.17, 15) is 28.1 Å². The lowest BCUT2D eigenvalue weighted by Crippen LogP contribution is -2.39. The summed E-state index contributed by atoms with van der Waals surface area (Å²) in [5.74, 6) is -0.126. The molecule has 1 amide bonds. The molecule has 2 rings (SSSR count). The Morgan fingerprint density at radius 2 is 1.79 bits per heavy atom. The van der Waals surface area contributed by atoms with Crippen molar-refractivity contribution in [2.75, 3.05) is 20.8 Å². The molecule has 156 valence electrons. The quantitative estimate of drug-likeness (QED) is 0.487. The first kappa shape index (κ1) is 22.0. The first-order valence-corrected chi connectivity index (χ1v) is 8.42. The number of rotatable bonds is 8. The Kier molecular flexibility index (Phi) is 7.03. The highest BCUT2D eigenvalue weighted by Gasteiger charge is 2.34. The van der Waals surface area contributed by atoms with Gasteiger partial charge in [-0.15, -0.1) is 0 Å². The maximum absolute atomic E-state index is 13.1. The van der Waals surface area contributed by atoms with Gasteiger partial charge >= 0.3 is 6.18 Å². The normalized spacial score (nSPS) is 11.1. The number of para-hydroxylation sites is 1. The number of nitrogens with zero attached hydrogens (tertiary/aromatic N) is 2. The van der Waals surface area contributed by atoms with Crippen molar-refractivity contribution in [3.8, 4) is 11.5 Å². The van der Waals surface area contributed by atoms with Gasteiger partial charge in [0.2, 0.25) is 5.91 Å². The average molecular weight is 412 g/mol. The van der Waals surface area contributed by atoms with Gasteiger partial charge in [0.25, 0.3) is 5.69 Å². The van der Waals surface area contributed by atoms with E-state index in [0.717, 1.165) is 0 Å². The molecule has 2 aromatic rings. The highest BCUT2D eigenvalue weighted by molar-refractivity contribution is 5.80. The number of amides is 1. The third kappa shape index (κ3) is 6.09. The van der Waals surface area contributed by atoms with E-state index in [0.29, 0.717) is 22.0 Å². The zero-order chi connectivity index (χ0) is 21.6. The topological polar surface area (TPSA) is 81.9 Å². The Bertz CT molecular complexity index is 886. The molecule has 0 heterocycles. The Morgan fingerprint density at radius 3 is 2.38 bits per heavy atom. The van der Waals surface area contributed by atoms with Crippen LogP contribution in [-0.4, -0.2) is 42.7 Å². The summed E-state index contributed by atoms with van der Waals surface area (Å²) in [6.07, 6.45) is -5.06. The summed E-state index contributed by atoms with van der Waals surface area (Å²) in [6.45, 7) is -2.09. The predicted octanol–water partition coefficient (Wildman–Crippen LogP) is 3.75. The van der Waals surface area contributed by atoms with Crippen LogP contribution in [0.25, 0.3) is 0 Å². The van der Waals surface area contributed by atoms with Crippen molar-refractivity contribution in [2.45, 2.75) is 19.1 Å². The number of carbonyl (C=O) groups is 1. The highest BCUT2D eigenvalue weighted by atomic mass is 19.4. The minimum Gasteiger partial charge on any atom is -0.497 e. The van der Waals surface area contributed by atoms with Crippen molar-refractivity contribution in [1.82, 2.24) is 4.90 Å². The van der Waals surface area contributed by atoms with Crippen molar-refractivity contribution in [3.05, 3.63) is 63.7 Å². The first-order chi connectivity index (χ1) is 13.6. The molecule has 29 heavy (non-hydrogen) atoms. The first-order valence-electron chi connectivity index (χ1n) is 8.42. The summed E-state index contributed by atoms with van der Waals surface area (Å²) in [5, 5.41) is 11.2. The minimum atomic E-state index is -4.67. The van der Waals surface area contributed by atoms with Gasteiger partial charge in [0, 0.05) is 17.2 Å². The number of alkyl halides is 3. The lowest BCUT2D eigenvalue weighted by Gasteiger charge is -2.24. The molecule has 10 heteroatoms. The molecular formula is C19H19F3N2O5. The molecule has 0 saturated heterocycles. The molecule has 0 fully saturated rings. The third-order valence-electron chi connectivity index (χ3n) is 4.10. The molecule has 0 bridgehead atoms. The number of benzene rings is 2. The summed E-state index contributed by atoms with van der Waals surface area (Å²) in [5.41, 5.74) is -0.00858. The van der Waals surface area contributed by atoms with Gasteiger partial charge in [-0.2, -0.15) is 13.2 Å². The zero-order valence-corrected chi connectivity index (χ0v) is 15.7. The number of hydrogen-bond acceptors (Lipinski definition) is 5. The third-order valence-corrected chi connectivity index (χ3v) is 4.10. The summed E-state index contributed by atoms with van der Waals surface area (Å²) < 4.78 is 49.4. The Hall–Kier alpha value is -3.30. The fourth-order valence-corrected chi connectivity index (χ4v) is 2.77. The molecule has 0 saturated carbocycles. The van der Waals surface area contributed by atoms with Gasteiger partial charge in [0.1, 0.15) is 18.0 Å². The number of nitro benzene ring substituents is 1.